The highest BCUT2D eigenvalue weighted by atomic mass is 16.4. The molecule has 0 aromatic carbocycles. The molecule has 48 heavy (non-hydrogen) atoms. The molecule has 12 heteroatoms. The molecule has 7 N–H and O–H groups in total. The van der Waals surface area contributed by atoms with Crippen molar-refractivity contribution in [2.75, 3.05) is 0 Å². The Balaban J connectivity index is 1.86. The van der Waals surface area contributed by atoms with Gasteiger partial charge in [-0.25, -0.2) is 0 Å². The first-order chi connectivity index (χ1) is 22.7. The molecule has 2 aliphatic rings. The largest absolute Gasteiger partial charge is 0.481 e. The Labute approximate surface area is 275 Å². The van der Waals surface area contributed by atoms with E-state index in [-0.39, 0.29) is 51.4 Å². The number of aliphatic imine (C=N–C) groups is 1. The van der Waals surface area contributed by atoms with Gasteiger partial charge in [-0.2, -0.15) is 0 Å². The van der Waals surface area contributed by atoms with E-state index in [0.717, 1.165) is 60.9 Å². The maximum Gasteiger partial charge on any atom is 0.303 e. The summed E-state index contributed by atoms with van der Waals surface area (Å²) in [6.45, 7) is 7.66. The second-order valence-electron chi connectivity index (χ2n) is 12.5. The van der Waals surface area contributed by atoms with Crippen LogP contribution in [-0.2, 0) is 38.4 Å². The first kappa shape index (κ1) is 34.0. The molecule has 3 aromatic rings. The molecule has 1 atom stereocenters. The summed E-state index contributed by atoms with van der Waals surface area (Å²) in [6, 6.07) is -0.480. The van der Waals surface area contributed by atoms with Crippen LogP contribution in [0.15, 0.2) is 16.1 Å². The van der Waals surface area contributed by atoms with Crippen LogP contribution < -0.4 is 21.4 Å². The Bertz CT molecular complexity index is 2160. The lowest BCUT2D eigenvalue weighted by molar-refractivity contribution is -0.138. The first-order valence-corrected chi connectivity index (χ1v) is 15.9. The highest BCUT2D eigenvalue weighted by molar-refractivity contribution is 6.22. The van der Waals surface area contributed by atoms with E-state index in [1.54, 1.807) is 0 Å². The van der Waals surface area contributed by atoms with E-state index < -0.39 is 29.9 Å². The Morgan fingerprint density at radius 3 is 1.65 bits per heavy atom. The number of fused-ring (bicyclic) bond motifs is 7. The minimum Gasteiger partial charge on any atom is -0.481 e. The molecule has 1 unspecified atom stereocenters. The lowest BCUT2D eigenvalue weighted by atomic mass is 9.97. The third-order valence-corrected chi connectivity index (χ3v) is 9.41. The standard InChI is InChI=1S/C36H40N4O8/c1-17-21(5-9-33(41)42)29-14-26-19(3)23(7-11-35(45)46)31(39-26)16-28-20(4)24(8-12-36(47)48)32(40-28)15-27-18(2)22(6-10-34(43)44)30(38-27)13-25(17)37-29/h13-16,29,38-40H,5-12H2,1-4H3,(H,41,42)(H,43,44)(H,45,46)(H,47,48)/b26-14-,27-15?,30-13?,31-16-. The lowest BCUT2D eigenvalue weighted by Gasteiger charge is -2.08. The zero-order valence-electron chi connectivity index (χ0n) is 27.4. The molecule has 5 heterocycles. The van der Waals surface area contributed by atoms with Gasteiger partial charge in [-0.1, -0.05) is 0 Å². The number of aromatic nitrogens is 3. The Morgan fingerprint density at radius 2 is 1.06 bits per heavy atom. The van der Waals surface area contributed by atoms with Crippen LogP contribution in [0.1, 0.15) is 83.8 Å². The Hall–Kier alpha value is -5.39. The first-order valence-electron chi connectivity index (χ1n) is 15.9. The second-order valence-corrected chi connectivity index (χ2v) is 12.5. The van der Waals surface area contributed by atoms with Gasteiger partial charge in [-0.05, 0) is 122 Å². The molecule has 0 saturated carbocycles. The van der Waals surface area contributed by atoms with Gasteiger partial charge in [0.15, 0.2) is 0 Å². The van der Waals surface area contributed by atoms with Crippen LogP contribution in [0.2, 0.25) is 0 Å². The summed E-state index contributed by atoms with van der Waals surface area (Å²) in [5, 5.41) is 40.9. The Morgan fingerprint density at radius 1 is 0.583 bits per heavy atom. The number of allylic oxidation sites excluding steroid dienone is 1. The predicted octanol–water partition coefficient (Wildman–Crippen LogP) is 1.88. The van der Waals surface area contributed by atoms with Crippen LogP contribution in [0.4, 0.5) is 0 Å². The van der Waals surface area contributed by atoms with Gasteiger partial charge in [-0.15, -0.1) is 0 Å². The molecular weight excluding hydrogens is 616 g/mol. The van der Waals surface area contributed by atoms with Crippen molar-refractivity contribution in [1.29, 1.82) is 0 Å². The van der Waals surface area contributed by atoms with Crippen molar-refractivity contribution in [3.8, 4) is 0 Å². The fourth-order valence-corrected chi connectivity index (χ4v) is 6.68. The fourth-order valence-electron chi connectivity index (χ4n) is 6.68. The molecule has 252 valence electrons. The lowest BCUT2D eigenvalue weighted by Crippen LogP contribution is -2.16. The molecule has 8 bridgehead atoms. The zero-order chi connectivity index (χ0) is 34.9. The molecule has 12 nitrogen and oxygen atoms in total. The maximum atomic E-state index is 11.6. The predicted molar refractivity (Wildman–Crippen MR) is 180 cm³/mol. The second kappa shape index (κ2) is 13.8. The minimum absolute atomic E-state index is 0.0740. The summed E-state index contributed by atoms with van der Waals surface area (Å²) in [5.41, 5.74) is 8.82. The highest BCUT2D eigenvalue weighted by Gasteiger charge is 2.25. The number of carboxylic acids is 4. The molecule has 5 rings (SSSR count). The molecule has 0 saturated heterocycles. The highest BCUT2D eigenvalue weighted by Crippen LogP contribution is 2.28. The number of hydrogen-bond donors (Lipinski definition) is 7. The van der Waals surface area contributed by atoms with Gasteiger partial charge in [0.05, 0.1) is 11.8 Å². The zero-order valence-corrected chi connectivity index (χ0v) is 27.4. The van der Waals surface area contributed by atoms with Crippen LogP contribution in [0.25, 0.3) is 24.3 Å². The quantitative estimate of drug-likeness (QED) is 0.153. The van der Waals surface area contributed by atoms with Crippen LogP contribution in [-0.4, -0.2) is 71.0 Å². The summed E-state index contributed by atoms with van der Waals surface area (Å²) in [6.07, 6.45) is 8.46. The number of aliphatic carboxylic acids is 4. The van der Waals surface area contributed by atoms with Gasteiger partial charge < -0.3 is 35.4 Å². The molecule has 0 radical (unpaired) electrons. The van der Waals surface area contributed by atoms with Gasteiger partial charge in [0, 0.05) is 58.5 Å². The van der Waals surface area contributed by atoms with Crippen LogP contribution >= 0.6 is 0 Å². The number of nitrogens with one attached hydrogen (secondary N) is 3. The van der Waals surface area contributed by atoms with Crippen molar-refractivity contribution < 1.29 is 39.6 Å². The monoisotopic (exact) mass is 656 g/mol. The van der Waals surface area contributed by atoms with Gasteiger partial charge in [-0.3, -0.25) is 24.2 Å². The number of rotatable bonds is 12. The van der Waals surface area contributed by atoms with E-state index in [1.165, 1.54) is 0 Å². The molecular formula is C36H40N4O8. The van der Waals surface area contributed by atoms with Crippen LogP contribution in [0, 0.1) is 20.8 Å². The van der Waals surface area contributed by atoms with Gasteiger partial charge in [0.1, 0.15) is 0 Å². The molecule has 3 aromatic heterocycles. The van der Waals surface area contributed by atoms with Crippen molar-refractivity contribution >= 4 is 53.9 Å². The van der Waals surface area contributed by atoms with Gasteiger partial charge >= 0.3 is 23.9 Å². The summed E-state index contributed by atoms with van der Waals surface area (Å²) in [4.78, 5) is 61.8. The molecule has 2 aliphatic heterocycles. The Kier molecular flexibility index (Phi) is 9.74. The van der Waals surface area contributed by atoms with E-state index in [0.29, 0.717) is 22.1 Å². The number of H-pyrrole nitrogens is 3. The van der Waals surface area contributed by atoms with Crippen molar-refractivity contribution in [2.24, 2.45) is 4.99 Å². The van der Waals surface area contributed by atoms with Gasteiger partial charge in [0.25, 0.3) is 0 Å². The molecule has 0 aliphatic carbocycles. The van der Waals surface area contributed by atoms with Crippen LogP contribution in [0.5, 0.6) is 0 Å². The fraction of sp³-hybridized carbons (Fsp3) is 0.361. The third-order valence-electron chi connectivity index (χ3n) is 9.41. The van der Waals surface area contributed by atoms with Crippen molar-refractivity contribution in [3.63, 3.8) is 0 Å². The molecule has 0 amide bonds. The van der Waals surface area contributed by atoms with Gasteiger partial charge in [0.2, 0.25) is 0 Å². The number of hydrogen-bond acceptors (Lipinski definition) is 5. The number of aromatic amines is 3. The minimum atomic E-state index is -0.926. The summed E-state index contributed by atoms with van der Waals surface area (Å²) in [5.74, 6) is -3.70. The average Bonchev–Trinajstić information content (AvgIpc) is 3.66. The number of carbonyl (C=O) groups is 4. The van der Waals surface area contributed by atoms with Crippen molar-refractivity contribution in [2.45, 2.75) is 85.1 Å². The topological polar surface area (TPSA) is 209 Å². The summed E-state index contributed by atoms with van der Waals surface area (Å²) < 4.78 is 0. The molecule has 0 fully saturated rings. The van der Waals surface area contributed by atoms with Crippen molar-refractivity contribution in [1.82, 2.24) is 15.0 Å². The third kappa shape index (κ3) is 7.12. The van der Waals surface area contributed by atoms with E-state index >= 15 is 0 Å². The molecule has 0 spiro atoms. The normalized spacial score (nSPS) is 16.7. The SMILES string of the molecule is CC1=C(CCC(=O)O)C2/C=c3\[nH]/c(c(CCC(=O)O)c3C)=C\c3[nH]c(c(CCC(=O)O)c3C)C=c3[nH]c(c(CCC(=O)O)c3C)=CC1=N2. The van der Waals surface area contributed by atoms with Crippen molar-refractivity contribution in [3.05, 3.63) is 77.3 Å². The number of nitrogens with zero attached hydrogens (tertiary/aromatic N) is 1. The smallest absolute Gasteiger partial charge is 0.303 e. The van der Waals surface area contributed by atoms with E-state index in [9.17, 15) is 39.6 Å². The van der Waals surface area contributed by atoms with Crippen LogP contribution in [0.3, 0.4) is 0 Å². The van der Waals surface area contributed by atoms with E-state index in [2.05, 4.69) is 15.0 Å². The van der Waals surface area contributed by atoms with E-state index in [1.807, 2.05) is 52.0 Å². The summed E-state index contributed by atoms with van der Waals surface area (Å²) in [7, 11) is 0. The number of carboxylic acid groups (broad SMARTS) is 4. The maximum absolute atomic E-state index is 11.6. The van der Waals surface area contributed by atoms with E-state index in [4.69, 9.17) is 4.99 Å². The summed E-state index contributed by atoms with van der Waals surface area (Å²) >= 11 is 0. The average molecular weight is 657 g/mol.